The maximum Gasteiger partial charge on any atom is 0.224 e. The number of carbonyl (C=O) groups is 1. The fraction of sp³-hybridized carbons (Fsp3) is 0.238. The molecule has 2 aromatic carbocycles. The molecule has 0 aliphatic rings. The average Bonchev–Trinajstić information content (AvgIpc) is 2.68. The largest absolute Gasteiger partial charge is 0.497 e. The molecule has 0 unspecified atom stereocenters. The molecule has 0 aliphatic heterocycles. The van der Waals surface area contributed by atoms with E-state index in [0.29, 0.717) is 19.6 Å². The van der Waals surface area contributed by atoms with Crippen LogP contribution in [0.4, 0.5) is 0 Å². The molecule has 5 nitrogen and oxygen atoms in total. The highest BCUT2D eigenvalue weighted by Crippen LogP contribution is 2.22. The Morgan fingerprint density at radius 3 is 2.69 bits per heavy atom. The number of hydrogen-bond donors (Lipinski definition) is 1. The number of methoxy groups -OCH3 is 1. The minimum Gasteiger partial charge on any atom is -0.497 e. The van der Waals surface area contributed by atoms with Gasteiger partial charge in [0.05, 0.1) is 20.1 Å². The fourth-order valence-corrected chi connectivity index (χ4v) is 2.67. The zero-order valence-corrected chi connectivity index (χ0v) is 14.8. The molecule has 3 aromatic rings. The monoisotopic (exact) mass is 350 g/mol. The topological polar surface area (TPSA) is 60.5 Å². The molecular formula is C21H22N2O3. The molecule has 0 bridgehead atoms. The number of para-hydroxylation sites is 1. The summed E-state index contributed by atoms with van der Waals surface area (Å²) in [5.74, 6) is 1.56. The molecule has 1 N–H and O–H groups in total. The summed E-state index contributed by atoms with van der Waals surface area (Å²) in [4.78, 5) is 16.3. The summed E-state index contributed by atoms with van der Waals surface area (Å²) in [5.41, 5.74) is 1.82. The molecule has 1 heterocycles. The van der Waals surface area contributed by atoms with E-state index in [-0.39, 0.29) is 5.91 Å². The third-order valence-corrected chi connectivity index (χ3v) is 4.02. The van der Waals surface area contributed by atoms with Gasteiger partial charge in [-0.1, -0.05) is 30.3 Å². The van der Waals surface area contributed by atoms with Crippen LogP contribution in [0.3, 0.4) is 0 Å². The molecule has 0 atom stereocenters. The van der Waals surface area contributed by atoms with Crippen LogP contribution >= 0.6 is 0 Å². The summed E-state index contributed by atoms with van der Waals surface area (Å²) >= 11 is 0. The Hall–Kier alpha value is -3.08. The number of nitrogens with one attached hydrogen (secondary N) is 1. The summed E-state index contributed by atoms with van der Waals surface area (Å²) in [6.07, 6.45) is 2.85. The lowest BCUT2D eigenvalue weighted by molar-refractivity contribution is -0.120. The first-order valence-corrected chi connectivity index (χ1v) is 8.62. The van der Waals surface area contributed by atoms with E-state index in [9.17, 15) is 4.79 Å². The van der Waals surface area contributed by atoms with Crippen LogP contribution in [0, 0.1) is 0 Å². The molecule has 0 aliphatic carbocycles. The predicted molar refractivity (Wildman–Crippen MR) is 102 cm³/mol. The van der Waals surface area contributed by atoms with Crippen molar-refractivity contribution in [1.29, 1.82) is 0 Å². The fourth-order valence-electron chi connectivity index (χ4n) is 2.67. The molecule has 0 saturated carbocycles. The maximum absolute atomic E-state index is 12.0. The highest BCUT2D eigenvalue weighted by atomic mass is 16.5. The molecule has 0 saturated heterocycles. The van der Waals surface area contributed by atoms with Gasteiger partial charge in [0.15, 0.2) is 0 Å². The molecule has 0 spiro atoms. The number of ether oxygens (including phenoxy) is 2. The van der Waals surface area contributed by atoms with Crippen molar-refractivity contribution >= 4 is 16.8 Å². The summed E-state index contributed by atoms with van der Waals surface area (Å²) in [6, 6.07) is 17.3. The van der Waals surface area contributed by atoms with Crippen LogP contribution in [0.1, 0.15) is 12.0 Å². The van der Waals surface area contributed by atoms with Crippen molar-refractivity contribution in [2.75, 3.05) is 20.3 Å². The minimum absolute atomic E-state index is 0.00185. The van der Waals surface area contributed by atoms with Crippen molar-refractivity contribution in [2.24, 2.45) is 0 Å². The van der Waals surface area contributed by atoms with E-state index in [1.165, 1.54) is 0 Å². The van der Waals surface area contributed by atoms with E-state index in [0.717, 1.165) is 34.4 Å². The number of pyridine rings is 1. The number of rotatable bonds is 8. The highest BCUT2D eigenvalue weighted by Gasteiger charge is 2.05. The molecule has 134 valence electrons. The van der Waals surface area contributed by atoms with Gasteiger partial charge in [0.1, 0.15) is 17.0 Å². The number of amides is 1. The van der Waals surface area contributed by atoms with Crippen LogP contribution in [-0.4, -0.2) is 31.2 Å². The quantitative estimate of drug-likeness (QED) is 0.633. The van der Waals surface area contributed by atoms with Crippen LogP contribution in [0.2, 0.25) is 0 Å². The first kappa shape index (κ1) is 17.7. The van der Waals surface area contributed by atoms with E-state index in [4.69, 9.17) is 9.47 Å². The Labute approximate surface area is 153 Å². The van der Waals surface area contributed by atoms with Gasteiger partial charge in [-0.25, -0.2) is 0 Å². The number of benzene rings is 2. The van der Waals surface area contributed by atoms with E-state index in [1.807, 2.05) is 54.6 Å². The van der Waals surface area contributed by atoms with E-state index in [2.05, 4.69) is 10.3 Å². The molecule has 1 aromatic heterocycles. The van der Waals surface area contributed by atoms with Crippen molar-refractivity contribution in [2.45, 2.75) is 12.8 Å². The molecule has 0 radical (unpaired) electrons. The normalized spacial score (nSPS) is 10.5. The van der Waals surface area contributed by atoms with Crippen LogP contribution in [0.15, 0.2) is 60.8 Å². The number of carbonyl (C=O) groups excluding carboxylic acids is 1. The van der Waals surface area contributed by atoms with E-state index in [1.54, 1.807) is 13.3 Å². The summed E-state index contributed by atoms with van der Waals surface area (Å²) in [6.45, 7) is 1.10. The molecule has 3 rings (SSSR count). The molecular weight excluding hydrogens is 328 g/mol. The number of fused-ring (bicyclic) bond motifs is 1. The lowest BCUT2D eigenvalue weighted by atomic mass is 10.1. The number of hydrogen-bond acceptors (Lipinski definition) is 4. The zero-order chi connectivity index (χ0) is 18.2. The third kappa shape index (κ3) is 4.72. The second-order valence-electron chi connectivity index (χ2n) is 5.91. The van der Waals surface area contributed by atoms with Crippen molar-refractivity contribution < 1.29 is 14.3 Å². The van der Waals surface area contributed by atoms with E-state index < -0.39 is 0 Å². The van der Waals surface area contributed by atoms with Crippen LogP contribution in [0.5, 0.6) is 11.5 Å². The Kier molecular flexibility index (Phi) is 6.04. The molecule has 5 heteroatoms. The van der Waals surface area contributed by atoms with Gasteiger partial charge >= 0.3 is 0 Å². The number of aromatic nitrogens is 1. The first-order valence-electron chi connectivity index (χ1n) is 8.62. The third-order valence-electron chi connectivity index (χ3n) is 4.02. The standard InChI is InChI=1S/C21H22N2O3/c1-25-18-10-8-16(9-11-18)15-20(24)22-13-4-14-26-19-7-2-5-17-6-3-12-23-21(17)19/h2-3,5-12H,4,13-15H2,1H3,(H,22,24). The SMILES string of the molecule is COc1ccc(CC(=O)NCCCOc2cccc3cccnc23)cc1. The maximum atomic E-state index is 12.0. The molecule has 26 heavy (non-hydrogen) atoms. The molecule has 1 amide bonds. The van der Waals surface area contributed by atoms with E-state index >= 15 is 0 Å². The first-order chi connectivity index (χ1) is 12.8. The second kappa shape index (κ2) is 8.85. The van der Waals surface area contributed by atoms with Gasteiger partial charge in [-0.05, 0) is 36.2 Å². The van der Waals surface area contributed by atoms with Gasteiger partial charge in [-0.15, -0.1) is 0 Å². The predicted octanol–water partition coefficient (Wildman–Crippen LogP) is 3.37. The minimum atomic E-state index is 0.00185. The van der Waals surface area contributed by atoms with Gasteiger partial charge < -0.3 is 14.8 Å². The van der Waals surface area contributed by atoms with Crippen molar-refractivity contribution in [3.63, 3.8) is 0 Å². The lowest BCUT2D eigenvalue weighted by Crippen LogP contribution is -2.27. The smallest absolute Gasteiger partial charge is 0.224 e. The average molecular weight is 350 g/mol. The van der Waals surface area contributed by atoms with Gasteiger partial charge in [0.25, 0.3) is 0 Å². The van der Waals surface area contributed by atoms with Crippen molar-refractivity contribution in [3.05, 3.63) is 66.4 Å². The Morgan fingerprint density at radius 2 is 1.88 bits per heavy atom. The molecule has 0 fully saturated rings. The zero-order valence-electron chi connectivity index (χ0n) is 14.8. The van der Waals surface area contributed by atoms with Crippen LogP contribution < -0.4 is 14.8 Å². The van der Waals surface area contributed by atoms with Gasteiger partial charge in [0.2, 0.25) is 5.91 Å². The van der Waals surface area contributed by atoms with Gasteiger partial charge in [-0.2, -0.15) is 0 Å². The summed E-state index contributed by atoms with van der Waals surface area (Å²) < 4.78 is 10.9. The van der Waals surface area contributed by atoms with Crippen molar-refractivity contribution in [3.8, 4) is 11.5 Å². The number of nitrogens with zero attached hydrogens (tertiary/aromatic N) is 1. The Balaban J connectivity index is 1.40. The van der Waals surface area contributed by atoms with Gasteiger partial charge in [-0.3, -0.25) is 9.78 Å². The summed E-state index contributed by atoms with van der Waals surface area (Å²) in [7, 11) is 1.62. The Morgan fingerprint density at radius 1 is 1.08 bits per heavy atom. The van der Waals surface area contributed by atoms with Crippen LogP contribution in [0.25, 0.3) is 10.9 Å². The van der Waals surface area contributed by atoms with Crippen molar-refractivity contribution in [1.82, 2.24) is 10.3 Å². The second-order valence-corrected chi connectivity index (χ2v) is 5.91. The van der Waals surface area contributed by atoms with Gasteiger partial charge in [0, 0.05) is 18.1 Å². The lowest BCUT2D eigenvalue weighted by Gasteiger charge is -2.09. The Bertz CT molecular complexity index is 857. The van der Waals surface area contributed by atoms with Crippen LogP contribution in [-0.2, 0) is 11.2 Å². The summed E-state index contributed by atoms with van der Waals surface area (Å²) in [5, 5.41) is 3.97. The highest BCUT2D eigenvalue weighted by molar-refractivity contribution is 5.84.